The van der Waals surface area contributed by atoms with Crippen LogP contribution in [0.2, 0.25) is 0 Å². The van der Waals surface area contributed by atoms with Crippen LogP contribution in [0.1, 0.15) is 31.5 Å². The van der Waals surface area contributed by atoms with Gasteiger partial charge in [-0.2, -0.15) is 0 Å². The van der Waals surface area contributed by atoms with Gasteiger partial charge >= 0.3 is 0 Å². The average molecular weight is 228 g/mol. The van der Waals surface area contributed by atoms with E-state index in [1.54, 1.807) is 0 Å². The van der Waals surface area contributed by atoms with Crippen LogP contribution in [0.15, 0.2) is 24.3 Å². The van der Waals surface area contributed by atoms with Crippen molar-refractivity contribution in [1.29, 1.82) is 0 Å². The topological polar surface area (TPSA) is 24.9 Å². The van der Waals surface area contributed by atoms with Gasteiger partial charge in [-0.05, 0) is 43.5 Å². The maximum Gasteiger partial charge on any atom is 0.0726 e. The molecule has 0 spiro atoms. The molecule has 0 saturated carbocycles. The summed E-state index contributed by atoms with van der Waals surface area (Å²) in [6, 6.07) is 8.67. The maximum absolute atomic E-state index is 4.58. The fraction of sp³-hybridized carbons (Fsp3) is 0.400. The Balaban J connectivity index is 2.53. The van der Waals surface area contributed by atoms with E-state index in [-0.39, 0.29) is 0 Å². The Kier molecular flexibility index (Phi) is 3.62. The molecule has 0 fully saturated rings. The summed E-state index contributed by atoms with van der Waals surface area (Å²) in [5.41, 5.74) is 4.73. The predicted octanol–water partition coefficient (Wildman–Crippen LogP) is 3.93. The van der Waals surface area contributed by atoms with Crippen LogP contribution >= 0.6 is 0 Å². The number of pyridine rings is 1. The van der Waals surface area contributed by atoms with E-state index in [1.165, 1.54) is 16.6 Å². The van der Waals surface area contributed by atoms with Gasteiger partial charge in [0.15, 0.2) is 0 Å². The summed E-state index contributed by atoms with van der Waals surface area (Å²) in [6.45, 7) is 7.42. The summed E-state index contributed by atoms with van der Waals surface area (Å²) in [5, 5.41) is 4.73. The van der Waals surface area contributed by atoms with Crippen molar-refractivity contribution in [1.82, 2.24) is 4.98 Å². The molecule has 17 heavy (non-hydrogen) atoms. The number of benzene rings is 1. The number of nitrogens with zero attached hydrogens (tertiary/aromatic N) is 1. The monoisotopic (exact) mass is 228 g/mol. The molecule has 2 aromatic rings. The van der Waals surface area contributed by atoms with Gasteiger partial charge in [-0.25, -0.2) is 0 Å². The highest BCUT2D eigenvalue weighted by Crippen LogP contribution is 2.24. The van der Waals surface area contributed by atoms with Crippen molar-refractivity contribution in [2.24, 2.45) is 0 Å². The van der Waals surface area contributed by atoms with Gasteiger partial charge in [0.25, 0.3) is 0 Å². The van der Waals surface area contributed by atoms with Crippen molar-refractivity contribution in [3.8, 4) is 0 Å². The quantitative estimate of drug-likeness (QED) is 0.857. The molecule has 1 heterocycles. The van der Waals surface area contributed by atoms with Gasteiger partial charge < -0.3 is 5.32 Å². The van der Waals surface area contributed by atoms with Gasteiger partial charge in [0.05, 0.1) is 5.52 Å². The Morgan fingerprint density at radius 2 is 2.00 bits per heavy atom. The van der Waals surface area contributed by atoms with Crippen LogP contribution in [0.4, 0.5) is 5.69 Å². The van der Waals surface area contributed by atoms with Gasteiger partial charge in [-0.1, -0.05) is 19.9 Å². The zero-order valence-corrected chi connectivity index (χ0v) is 10.9. The van der Waals surface area contributed by atoms with Crippen LogP contribution in [0, 0.1) is 6.92 Å². The van der Waals surface area contributed by atoms with Gasteiger partial charge in [-0.3, -0.25) is 4.98 Å². The van der Waals surface area contributed by atoms with Gasteiger partial charge in [0, 0.05) is 23.3 Å². The van der Waals surface area contributed by atoms with Crippen molar-refractivity contribution < 1.29 is 0 Å². The first-order valence-corrected chi connectivity index (χ1v) is 6.38. The van der Waals surface area contributed by atoms with Crippen LogP contribution in [0.25, 0.3) is 10.9 Å². The molecule has 0 amide bonds. The van der Waals surface area contributed by atoms with Crippen molar-refractivity contribution in [3.05, 3.63) is 35.5 Å². The van der Waals surface area contributed by atoms with E-state index in [1.807, 2.05) is 6.92 Å². The molecule has 0 atom stereocenters. The number of rotatable bonds is 4. The highest BCUT2D eigenvalue weighted by atomic mass is 14.9. The minimum atomic E-state index is 1.01. The van der Waals surface area contributed by atoms with E-state index in [0.29, 0.717) is 0 Å². The lowest BCUT2D eigenvalue weighted by Crippen LogP contribution is -2.02. The molecular formula is C15H20N2. The van der Waals surface area contributed by atoms with Crippen LogP contribution in [-0.4, -0.2) is 11.5 Å². The molecule has 1 aromatic carbocycles. The van der Waals surface area contributed by atoms with Crippen molar-refractivity contribution in [2.45, 2.75) is 33.6 Å². The highest BCUT2D eigenvalue weighted by Gasteiger charge is 2.04. The zero-order chi connectivity index (χ0) is 12.3. The average Bonchev–Trinajstić information content (AvgIpc) is 2.35. The minimum absolute atomic E-state index is 1.01. The highest BCUT2D eigenvalue weighted by molar-refractivity contribution is 5.92. The maximum atomic E-state index is 4.58. The molecule has 2 heteroatoms. The molecular weight excluding hydrogens is 208 g/mol. The fourth-order valence-corrected chi connectivity index (χ4v) is 2.03. The molecule has 0 aliphatic rings. The predicted molar refractivity (Wildman–Crippen MR) is 74.6 cm³/mol. The molecule has 2 rings (SSSR count). The standard InChI is InChI=1S/C15H20N2/c1-4-8-16-15-9-11(3)17-14-7-6-12(5-2)10-13(14)15/h6-7,9-10H,4-5,8H2,1-3H3,(H,16,17). The smallest absolute Gasteiger partial charge is 0.0726 e. The third-order valence-corrected chi connectivity index (χ3v) is 2.97. The molecule has 0 unspecified atom stereocenters. The minimum Gasteiger partial charge on any atom is -0.384 e. The molecule has 0 aliphatic heterocycles. The first-order chi connectivity index (χ1) is 8.24. The summed E-state index contributed by atoms with van der Waals surface area (Å²) >= 11 is 0. The molecule has 1 N–H and O–H groups in total. The fourth-order valence-electron chi connectivity index (χ4n) is 2.03. The van der Waals surface area contributed by atoms with Crippen LogP contribution in [0.5, 0.6) is 0 Å². The number of hydrogen-bond acceptors (Lipinski definition) is 2. The number of aromatic nitrogens is 1. The number of anilines is 1. The third-order valence-electron chi connectivity index (χ3n) is 2.97. The second-order valence-electron chi connectivity index (χ2n) is 4.44. The van der Waals surface area contributed by atoms with E-state index in [9.17, 15) is 0 Å². The summed E-state index contributed by atoms with van der Waals surface area (Å²) in [4.78, 5) is 4.58. The van der Waals surface area contributed by atoms with E-state index in [0.717, 1.165) is 30.6 Å². The van der Waals surface area contributed by atoms with Crippen molar-refractivity contribution >= 4 is 16.6 Å². The van der Waals surface area contributed by atoms with Gasteiger partial charge in [0.1, 0.15) is 0 Å². The van der Waals surface area contributed by atoms with E-state index >= 15 is 0 Å². The second-order valence-corrected chi connectivity index (χ2v) is 4.44. The van der Waals surface area contributed by atoms with Crippen molar-refractivity contribution in [2.75, 3.05) is 11.9 Å². The lowest BCUT2D eigenvalue weighted by Gasteiger charge is -2.11. The Labute approximate surface area is 103 Å². The van der Waals surface area contributed by atoms with E-state index in [4.69, 9.17) is 0 Å². The third kappa shape index (κ3) is 2.57. The summed E-state index contributed by atoms with van der Waals surface area (Å²) in [7, 11) is 0. The number of fused-ring (bicyclic) bond motifs is 1. The Morgan fingerprint density at radius 3 is 2.71 bits per heavy atom. The molecule has 0 saturated heterocycles. The van der Waals surface area contributed by atoms with Gasteiger partial charge in [0.2, 0.25) is 0 Å². The summed E-state index contributed by atoms with van der Waals surface area (Å²) < 4.78 is 0. The van der Waals surface area contributed by atoms with Crippen LogP contribution in [-0.2, 0) is 6.42 Å². The first-order valence-electron chi connectivity index (χ1n) is 6.38. The molecule has 2 nitrogen and oxygen atoms in total. The normalized spacial score (nSPS) is 10.8. The molecule has 0 bridgehead atoms. The van der Waals surface area contributed by atoms with Crippen LogP contribution in [0.3, 0.4) is 0 Å². The first kappa shape index (κ1) is 11.9. The lowest BCUT2D eigenvalue weighted by molar-refractivity contribution is 0.980. The van der Waals surface area contributed by atoms with E-state index < -0.39 is 0 Å². The molecule has 90 valence electrons. The molecule has 0 radical (unpaired) electrons. The largest absolute Gasteiger partial charge is 0.384 e. The number of hydrogen-bond donors (Lipinski definition) is 1. The van der Waals surface area contributed by atoms with Crippen molar-refractivity contribution in [3.63, 3.8) is 0 Å². The molecule has 0 aliphatic carbocycles. The van der Waals surface area contributed by atoms with Crippen LogP contribution < -0.4 is 5.32 Å². The Hall–Kier alpha value is -1.57. The van der Waals surface area contributed by atoms with E-state index in [2.05, 4.69) is 48.4 Å². The lowest BCUT2D eigenvalue weighted by atomic mass is 10.1. The summed E-state index contributed by atoms with van der Waals surface area (Å²) in [6.07, 6.45) is 2.20. The number of aryl methyl sites for hydroxylation is 2. The Morgan fingerprint density at radius 1 is 1.18 bits per heavy atom. The van der Waals surface area contributed by atoms with Gasteiger partial charge in [-0.15, -0.1) is 0 Å². The zero-order valence-electron chi connectivity index (χ0n) is 10.9. The second kappa shape index (κ2) is 5.17. The summed E-state index contributed by atoms with van der Waals surface area (Å²) in [5.74, 6) is 0. The molecule has 1 aromatic heterocycles. The SMILES string of the molecule is CCCNc1cc(C)nc2ccc(CC)cc12. The Bertz CT molecular complexity index is 518. The number of nitrogens with one attached hydrogen (secondary N) is 1.